The third kappa shape index (κ3) is 3.46. The molecule has 1 aromatic rings. The fourth-order valence-electron chi connectivity index (χ4n) is 2.62. The SMILES string of the molecule is CCCN1CCN(C(C#N)c2cccc(O)c2)CC1. The average molecular weight is 259 g/mol. The smallest absolute Gasteiger partial charge is 0.124 e. The maximum Gasteiger partial charge on any atom is 0.124 e. The van der Waals surface area contributed by atoms with E-state index >= 15 is 0 Å². The molecule has 4 nitrogen and oxygen atoms in total. The van der Waals surface area contributed by atoms with Gasteiger partial charge in [0, 0.05) is 26.2 Å². The highest BCUT2D eigenvalue weighted by Gasteiger charge is 2.24. The summed E-state index contributed by atoms with van der Waals surface area (Å²) in [5.41, 5.74) is 0.881. The van der Waals surface area contributed by atoms with Crippen molar-refractivity contribution in [3.8, 4) is 11.8 Å². The monoisotopic (exact) mass is 259 g/mol. The molecular weight excluding hydrogens is 238 g/mol. The molecule has 1 unspecified atom stereocenters. The summed E-state index contributed by atoms with van der Waals surface area (Å²) in [5, 5.41) is 18.9. The zero-order valence-electron chi connectivity index (χ0n) is 11.4. The van der Waals surface area contributed by atoms with Gasteiger partial charge in [-0.2, -0.15) is 5.26 Å². The summed E-state index contributed by atoms with van der Waals surface area (Å²) in [6.07, 6.45) is 1.17. The minimum absolute atomic E-state index is 0.224. The first-order valence-corrected chi connectivity index (χ1v) is 6.89. The van der Waals surface area contributed by atoms with Gasteiger partial charge in [0.2, 0.25) is 0 Å². The van der Waals surface area contributed by atoms with Crippen LogP contribution < -0.4 is 0 Å². The standard InChI is InChI=1S/C15H21N3O/c1-2-6-17-7-9-18(10-8-17)15(12-16)13-4-3-5-14(19)11-13/h3-5,11,15,19H,2,6-10H2,1H3. The summed E-state index contributed by atoms with van der Waals surface area (Å²) in [4.78, 5) is 4.63. The predicted octanol–water partition coefficient (Wildman–Crippen LogP) is 1.98. The Bertz CT molecular complexity index is 447. The summed E-state index contributed by atoms with van der Waals surface area (Å²) in [5.74, 6) is 0.224. The fourth-order valence-corrected chi connectivity index (χ4v) is 2.62. The molecule has 1 fully saturated rings. The van der Waals surface area contributed by atoms with Crippen molar-refractivity contribution in [1.82, 2.24) is 9.80 Å². The molecule has 1 aromatic carbocycles. The third-order valence-electron chi connectivity index (χ3n) is 3.62. The Hall–Kier alpha value is -1.57. The second-order valence-corrected chi connectivity index (χ2v) is 5.00. The first-order valence-electron chi connectivity index (χ1n) is 6.89. The van der Waals surface area contributed by atoms with Gasteiger partial charge in [-0.05, 0) is 30.7 Å². The van der Waals surface area contributed by atoms with E-state index in [2.05, 4.69) is 22.8 Å². The molecule has 0 aromatic heterocycles. The third-order valence-corrected chi connectivity index (χ3v) is 3.62. The van der Waals surface area contributed by atoms with Crippen LogP contribution in [0, 0.1) is 11.3 Å². The topological polar surface area (TPSA) is 50.5 Å². The Kier molecular flexibility index (Phi) is 4.78. The van der Waals surface area contributed by atoms with Crippen molar-refractivity contribution in [2.45, 2.75) is 19.4 Å². The Balaban J connectivity index is 2.02. The number of hydrogen-bond acceptors (Lipinski definition) is 4. The van der Waals surface area contributed by atoms with Crippen LogP contribution >= 0.6 is 0 Å². The maximum absolute atomic E-state index is 9.53. The van der Waals surface area contributed by atoms with Crippen LogP contribution in [-0.2, 0) is 0 Å². The predicted molar refractivity (Wildman–Crippen MR) is 74.8 cm³/mol. The molecular formula is C15H21N3O. The molecule has 1 aliphatic heterocycles. The molecule has 0 amide bonds. The van der Waals surface area contributed by atoms with E-state index < -0.39 is 0 Å². The molecule has 2 rings (SSSR count). The molecule has 1 heterocycles. The Morgan fingerprint density at radius 2 is 2.05 bits per heavy atom. The number of rotatable bonds is 4. The van der Waals surface area contributed by atoms with Gasteiger partial charge in [-0.25, -0.2) is 0 Å². The second-order valence-electron chi connectivity index (χ2n) is 5.00. The van der Waals surface area contributed by atoms with E-state index in [0.29, 0.717) is 0 Å². The van der Waals surface area contributed by atoms with Crippen molar-refractivity contribution in [2.75, 3.05) is 32.7 Å². The van der Waals surface area contributed by atoms with E-state index in [1.165, 1.54) is 6.42 Å². The number of piperazine rings is 1. The minimum atomic E-state index is -0.254. The van der Waals surface area contributed by atoms with Gasteiger partial charge >= 0.3 is 0 Å². The molecule has 0 spiro atoms. The number of aromatic hydroxyl groups is 1. The van der Waals surface area contributed by atoms with Crippen molar-refractivity contribution >= 4 is 0 Å². The fraction of sp³-hybridized carbons (Fsp3) is 0.533. The second kappa shape index (κ2) is 6.55. The molecule has 102 valence electrons. The summed E-state index contributed by atoms with van der Waals surface area (Å²) in [6, 6.07) is 9.13. The van der Waals surface area contributed by atoms with Crippen molar-refractivity contribution in [1.29, 1.82) is 5.26 Å². The average Bonchev–Trinajstić information content (AvgIpc) is 2.42. The number of hydrogen-bond donors (Lipinski definition) is 1. The van der Waals surface area contributed by atoms with Crippen LogP contribution in [0.15, 0.2) is 24.3 Å². The number of nitriles is 1. The van der Waals surface area contributed by atoms with Crippen LogP contribution in [0.4, 0.5) is 0 Å². The van der Waals surface area contributed by atoms with Crippen molar-refractivity contribution in [3.63, 3.8) is 0 Å². The van der Waals surface area contributed by atoms with Gasteiger partial charge in [-0.1, -0.05) is 19.1 Å². The molecule has 0 saturated carbocycles. The highest BCUT2D eigenvalue weighted by atomic mass is 16.3. The molecule has 0 radical (unpaired) electrons. The van der Waals surface area contributed by atoms with E-state index in [1.807, 2.05) is 6.07 Å². The van der Waals surface area contributed by atoms with Crippen LogP contribution in [0.1, 0.15) is 24.9 Å². The van der Waals surface area contributed by atoms with Gasteiger partial charge < -0.3 is 10.0 Å². The highest BCUT2D eigenvalue weighted by molar-refractivity contribution is 5.32. The molecule has 0 aliphatic carbocycles. The van der Waals surface area contributed by atoms with E-state index in [0.717, 1.165) is 38.3 Å². The molecule has 1 atom stereocenters. The normalized spacial score (nSPS) is 18.9. The van der Waals surface area contributed by atoms with Crippen LogP contribution in [0.5, 0.6) is 5.75 Å². The maximum atomic E-state index is 9.53. The van der Waals surface area contributed by atoms with Crippen LogP contribution in [-0.4, -0.2) is 47.6 Å². The molecule has 1 N–H and O–H groups in total. The zero-order valence-corrected chi connectivity index (χ0v) is 11.4. The summed E-state index contributed by atoms with van der Waals surface area (Å²) >= 11 is 0. The Morgan fingerprint density at radius 3 is 2.63 bits per heavy atom. The summed E-state index contributed by atoms with van der Waals surface area (Å²) < 4.78 is 0. The molecule has 0 bridgehead atoms. The van der Waals surface area contributed by atoms with E-state index in [1.54, 1.807) is 18.2 Å². The van der Waals surface area contributed by atoms with Gasteiger partial charge in [0.15, 0.2) is 0 Å². The van der Waals surface area contributed by atoms with Crippen LogP contribution in [0.3, 0.4) is 0 Å². The quantitative estimate of drug-likeness (QED) is 0.898. The summed E-state index contributed by atoms with van der Waals surface area (Å²) in [6.45, 7) is 7.19. The lowest BCUT2D eigenvalue weighted by Gasteiger charge is -2.36. The first kappa shape index (κ1) is 13.9. The van der Waals surface area contributed by atoms with Gasteiger partial charge in [0.05, 0.1) is 6.07 Å². The van der Waals surface area contributed by atoms with Gasteiger partial charge in [0.1, 0.15) is 11.8 Å². The van der Waals surface area contributed by atoms with Crippen LogP contribution in [0.2, 0.25) is 0 Å². The van der Waals surface area contributed by atoms with Gasteiger partial charge in [0.25, 0.3) is 0 Å². The lowest BCUT2D eigenvalue weighted by molar-refractivity contribution is 0.114. The Labute approximate surface area is 114 Å². The molecule has 1 aliphatic rings. The van der Waals surface area contributed by atoms with Crippen molar-refractivity contribution in [2.24, 2.45) is 0 Å². The zero-order chi connectivity index (χ0) is 13.7. The van der Waals surface area contributed by atoms with Gasteiger partial charge in [-0.15, -0.1) is 0 Å². The lowest BCUT2D eigenvalue weighted by atomic mass is 10.1. The van der Waals surface area contributed by atoms with E-state index in [9.17, 15) is 10.4 Å². The molecule has 19 heavy (non-hydrogen) atoms. The van der Waals surface area contributed by atoms with E-state index in [-0.39, 0.29) is 11.8 Å². The largest absolute Gasteiger partial charge is 0.508 e. The number of nitrogens with zero attached hydrogens (tertiary/aromatic N) is 3. The Morgan fingerprint density at radius 1 is 1.32 bits per heavy atom. The molecule has 1 saturated heterocycles. The summed E-state index contributed by atoms with van der Waals surface area (Å²) in [7, 11) is 0. The highest BCUT2D eigenvalue weighted by Crippen LogP contribution is 2.24. The van der Waals surface area contributed by atoms with Crippen molar-refractivity contribution in [3.05, 3.63) is 29.8 Å². The lowest BCUT2D eigenvalue weighted by Crippen LogP contribution is -2.47. The number of phenols is 1. The van der Waals surface area contributed by atoms with Crippen molar-refractivity contribution < 1.29 is 5.11 Å². The van der Waals surface area contributed by atoms with Crippen LogP contribution in [0.25, 0.3) is 0 Å². The number of benzene rings is 1. The number of phenolic OH excluding ortho intramolecular Hbond substituents is 1. The van der Waals surface area contributed by atoms with Gasteiger partial charge in [-0.3, -0.25) is 4.90 Å². The minimum Gasteiger partial charge on any atom is -0.508 e. The molecule has 4 heteroatoms. The van der Waals surface area contributed by atoms with E-state index in [4.69, 9.17) is 0 Å². The first-order chi connectivity index (χ1) is 9.24.